The van der Waals surface area contributed by atoms with E-state index in [0.29, 0.717) is 30.5 Å². The quantitative estimate of drug-likeness (QED) is 0.167. The average molecular weight is 655 g/mol. The third kappa shape index (κ3) is 7.93. The van der Waals surface area contributed by atoms with Crippen molar-refractivity contribution in [2.75, 3.05) is 19.3 Å². The first-order valence-electron chi connectivity index (χ1n) is 11.4. The van der Waals surface area contributed by atoms with Crippen molar-refractivity contribution in [1.29, 1.82) is 0 Å². The zero-order chi connectivity index (χ0) is 30.6. The van der Waals surface area contributed by atoms with Crippen molar-refractivity contribution in [2.45, 2.75) is 31.5 Å². The number of alkyl halides is 3. The highest BCUT2D eigenvalue weighted by Gasteiger charge is 2.33. The molecule has 1 aliphatic rings. The fourth-order valence-electron chi connectivity index (χ4n) is 3.78. The number of pyridine rings is 1. The number of benzene rings is 1. The number of guanidine groups is 1. The lowest BCUT2D eigenvalue weighted by Crippen LogP contribution is -2.30. The van der Waals surface area contributed by atoms with Gasteiger partial charge in [-0.25, -0.2) is 19.8 Å². The molecular formula is C23H21Cl3F3N7O4S. The van der Waals surface area contributed by atoms with E-state index in [2.05, 4.69) is 20.5 Å². The maximum atomic E-state index is 12.8. The molecule has 1 aliphatic heterocycles. The van der Waals surface area contributed by atoms with E-state index in [-0.39, 0.29) is 32.3 Å². The van der Waals surface area contributed by atoms with E-state index in [1.165, 1.54) is 20.1 Å². The van der Waals surface area contributed by atoms with Gasteiger partial charge in [0.05, 0.1) is 37.0 Å². The Morgan fingerprint density at radius 3 is 2.34 bits per heavy atom. The lowest BCUT2D eigenvalue weighted by atomic mass is 10.2. The number of aromatic nitrogens is 3. The van der Waals surface area contributed by atoms with Gasteiger partial charge in [-0.3, -0.25) is 9.00 Å². The molecule has 0 radical (unpaired) electrons. The van der Waals surface area contributed by atoms with E-state index in [1.54, 1.807) is 17.2 Å². The molecule has 2 aromatic heterocycles. The van der Waals surface area contributed by atoms with Crippen LogP contribution in [0.5, 0.6) is 0 Å². The van der Waals surface area contributed by atoms with Crippen molar-refractivity contribution in [3.05, 3.63) is 78.3 Å². The Morgan fingerprint density at radius 2 is 1.88 bits per heavy atom. The number of nitrogens with zero attached hydrogens (tertiary/aromatic N) is 6. The van der Waals surface area contributed by atoms with Crippen molar-refractivity contribution in [3.63, 3.8) is 0 Å². The maximum absolute atomic E-state index is 12.8. The molecule has 0 spiro atoms. The summed E-state index contributed by atoms with van der Waals surface area (Å²) in [7, 11) is -1.53. The molecule has 1 saturated heterocycles. The molecule has 41 heavy (non-hydrogen) atoms. The van der Waals surface area contributed by atoms with Gasteiger partial charge in [-0.05, 0) is 30.7 Å². The first-order chi connectivity index (χ1) is 19.1. The van der Waals surface area contributed by atoms with Crippen molar-refractivity contribution >= 4 is 57.3 Å². The molecule has 1 atom stereocenters. The van der Waals surface area contributed by atoms with Crippen LogP contribution in [0.2, 0.25) is 15.2 Å². The Kier molecular flexibility index (Phi) is 10.3. The highest BCUT2D eigenvalue weighted by atomic mass is 35.5. The summed E-state index contributed by atoms with van der Waals surface area (Å²) in [4.78, 5) is 27.9. The Morgan fingerprint density at radius 1 is 1.24 bits per heavy atom. The fraction of sp³-hybridized carbons (Fsp3) is 0.304. The summed E-state index contributed by atoms with van der Waals surface area (Å²) in [6, 6.07) is 4.96. The van der Waals surface area contributed by atoms with E-state index in [9.17, 15) is 32.3 Å². The number of halogens is 6. The van der Waals surface area contributed by atoms with Crippen molar-refractivity contribution in [1.82, 2.24) is 25.0 Å². The first-order valence-corrected chi connectivity index (χ1v) is 14.1. The highest BCUT2D eigenvalue weighted by Crippen LogP contribution is 2.38. The number of ketones is 1. The summed E-state index contributed by atoms with van der Waals surface area (Å²) in [5.74, 6) is -0.147. The van der Waals surface area contributed by atoms with Gasteiger partial charge in [0.15, 0.2) is 10.8 Å². The lowest BCUT2D eigenvalue weighted by Gasteiger charge is -2.14. The Bertz CT molecular complexity index is 1510. The van der Waals surface area contributed by atoms with Crippen LogP contribution in [-0.2, 0) is 23.5 Å². The van der Waals surface area contributed by atoms with Crippen molar-refractivity contribution in [3.8, 4) is 5.69 Å². The minimum atomic E-state index is -4.61. The van der Waals surface area contributed by atoms with E-state index in [0.717, 1.165) is 22.4 Å². The van der Waals surface area contributed by atoms with Crippen LogP contribution in [0.15, 0.2) is 40.5 Å². The predicted octanol–water partition coefficient (Wildman–Crippen LogP) is 5.13. The minimum Gasteiger partial charge on any atom is -0.349 e. The second-order valence-corrected chi connectivity index (χ2v) is 11.0. The summed E-state index contributed by atoms with van der Waals surface area (Å²) in [5, 5.41) is 19.6. The molecule has 3 heterocycles. The van der Waals surface area contributed by atoms with Crippen LogP contribution in [0.1, 0.15) is 34.2 Å². The second kappa shape index (κ2) is 13.1. The molecule has 0 bridgehead atoms. The molecule has 3 aromatic rings. The molecule has 1 fully saturated rings. The number of rotatable bonds is 6. The number of hydrazone groups is 1. The van der Waals surface area contributed by atoms with Gasteiger partial charge in [0, 0.05) is 39.0 Å². The topological polar surface area (TPSA) is 136 Å². The van der Waals surface area contributed by atoms with Crippen molar-refractivity contribution < 1.29 is 27.2 Å². The molecule has 0 amide bonds. The van der Waals surface area contributed by atoms with Gasteiger partial charge in [0.2, 0.25) is 0 Å². The molecule has 0 saturated carbocycles. The van der Waals surface area contributed by atoms with Gasteiger partial charge >= 0.3 is 6.18 Å². The zero-order valence-corrected chi connectivity index (χ0v) is 24.6. The maximum Gasteiger partial charge on any atom is 0.416 e. The van der Waals surface area contributed by atoms with E-state index >= 15 is 0 Å². The molecule has 11 nitrogen and oxygen atoms in total. The summed E-state index contributed by atoms with van der Waals surface area (Å²) >= 11 is 17.6. The monoisotopic (exact) mass is 653 g/mol. The summed E-state index contributed by atoms with van der Waals surface area (Å²) in [6.45, 7) is 4.62. The van der Waals surface area contributed by atoms with Gasteiger partial charge in [0.25, 0.3) is 5.96 Å². The number of carbonyl (C=O) groups excluding carboxylic acids is 1. The largest absolute Gasteiger partial charge is 0.416 e. The Labute approximate surface area is 248 Å². The summed E-state index contributed by atoms with van der Waals surface area (Å²) in [6.07, 6.45) is -1.59. The third-order valence-electron chi connectivity index (χ3n) is 5.54. The van der Waals surface area contributed by atoms with E-state index < -0.39 is 33.4 Å². The minimum absolute atomic E-state index is 0.0111. The number of nitrogens with one attached hydrogen (secondary N) is 1. The van der Waals surface area contributed by atoms with Crippen LogP contribution in [0.4, 0.5) is 13.2 Å². The highest BCUT2D eigenvalue weighted by molar-refractivity contribution is 7.84. The van der Waals surface area contributed by atoms with Gasteiger partial charge in [-0.1, -0.05) is 40.9 Å². The molecule has 0 aliphatic carbocycles. The smallest absolute Gasteiger partial charge is 0.349 e. The van der Waals surface area contributed by atoms with Crippen LogP contribution in [0.3, 0.4) is 0 Å². The number of nitro groups is 1. The average Bonchev–Trinajstić information content (AvgIpc) is 3.43. The molecule has 18 heteroatoms. The summed E-state index contributed by atoms with van der Waals surface area (Å²) in [5.41, 5.74) is 0.180. The molecular weight excluding hydrogens is 634 g/mol. The van der Waals surface area contributed by atoms with Crippen LogP contribution in [0.25, 0.3) is 5.69 Å². The van der Waals surface area contributed by atoms with E-state index in [4.69, 9.17) is 34.8 Å². The van der Waals surface area contributed by atoms with Crippen LogP contribution in [-0.4, -0.2) is 60.0 Å². The molecule has 1 N–H and O–H groups in total. The van der Waals surface area contributed by atoms with Crippen molar-refractivity contribution in [2.24, 2.45) is 5.10 Å². The second-order valence-electron chi connectivity index (χ2n) is 8.47. The number of carbonyl (C=O) groups is 1. The SMILES string of the molecule is CC(=O)c1nn(-c2c(Cl)cc(C(F)(F)F)cc2Cl)c(C)c1S(C)=O.O=[N+]([O-])/N=C1\NCCN1Cc1ccc(Cl)nc1. The van der Waals surface area contributed by atoms with Crippen LogP contribution in [0, 0.1) is 17.0 Å². The fourth-order valence-corrected chi connectivity index (χ4v) is 5.50. The first kappa shape index (κ1) is 32.2. The summed E-state index contributed by atoms with van der Waals surface area (Å²) < 4.78 is 51.5. The third-order valence-corrected chi connectivity index (χ3v) is 7.40. The van der Waals surface area contributed by atoms with Crippen LogP contribution >= 0.6 is 34.8 Å². The van der Waals surface area contributed by atoms with E-state index in [1.807, 2.05) is 6.07 Å². The zero-order valence-electron chi connectivity index (χ0n) is 21.5. The normalized spacial score (nSPS) is 14.9. The van der Waals surface area contributed by atoms with Gasteiger partial charge in [-0.2, -0.15) is 18.3 Å². The molecule has 1 aromatic carbocycles. The molecule has 1 unspecified atom stereocenters. The molecule has 220 valence electrons. The Balaban J connectivity index is 0.000000239. The lowest BCUT2D eigenvalue weighted by molar-refractivity contribution is -0.485. The van der Waals surface area contributed by atoms with Gasteiger partial charge in [-0.15, -0.1) is 0 Å². The standard InChI is InChI=1S/C14H11Cl2F3N2O2S.C9H10ClN5O2/c1-6-13(24(3)23)11(7(2)22)20-21(6)12-9(15)4-8(5-10(12)16)14(17,18)19;10-8-2-1-7(5-12-8)6-14-4-3-11-9(14)13-15(16)17/h4-5H,1-3H3;1-2,5H,3-4,6H2,(H,11,13). The van der Waals surface area contributed by atoms with Gasteiger partial charge in [0.1, 0.15) is 21.6 Å². The number of hydrogen-bond acceptors (Lipinski definition) is 6. The predicted molar refractivity (Wildman–Crippen MR) is 148 cm³/mol. The van der Waals surface area contributed by atoms with Gasteiger partial charge < -0.3 is 10.2 Å². The molecule has 4 rings (SSSR count). The Hall–Kier alpha value is -3.27. The van der Waals surface area contributed by atoms with Crippen LogP contribution < -0.4 is 5.32 Å². The number of hydrogen-bond donors (Lipinski definition) is 1. The number of Topliss-reactive ketones (excluding diaryl/α,β-unsaturated/α-hetero) is 1.